The summed E-state index contributed by atoms with van der Waals surface area (Å²) in [7, 11) is 0. The Hall–Kier alpha value is -1.95. The number of rotatable bonds is 2. The number of anilines is 1. The van der Waals surface area contributed by atoms with Crippen LogP contribution >= 0.6 is 11.6 Å². The lowest BCUT2D eigenvalue weighted by molar-refractivity contribution is 0.407. The van der Waals surface area contributed by atoms with E-state index in [1.807, 2.05) is 0 Å². The normalized spacial score (nSPS) is 10.3. The number of nitrogens with zero attached hydrogens (tertiary/aromatic N) is 2. The van der Waals surface area contributed by atoms with Gasteiger partial charge in [0.2, 0.25) is 0 Å². The van der Waals surface area contributed by atoms with E-state index >= 15 is 0 Å². The van der Waals surface area contributed by atoms with Crippen molar-refractivity contribution in [1.82, 2.24) is 9.97 Å². The van der Waals surface area contributed by atoms with E-state index in [4.69, 9.17) is 22.1 Å². The van der Waals surface area contributed by atoms with Crippen molar-refractivity contribution in [1.29, 1.82) is 0 Å². The van der Waals surface area contributed by atoms with Gasteiger partial charge < -0.3 is 10.5 Å². The maximum absolute atomic E-state index is 13.3. The largest absolute Gasteiger partial charge is 0.421 e. The van der Waals surface area contributed by atoms with Crippen LogP contribution in [-0.2, 0) is 0 Å². The summed E-state index contributed by atoms with van der Waals surface area (Å²) in [6, 6.07) is 1.50. The Bertz CT molecular complexity index is 548. The second kappa shape index (κ2) is 4.50. The van der Waals surface area contributed by atoms with Gasteiger partial charge in [0.25, 0.3) is 0 Å². The summed E-state index contributed by atoms with van der Waals surface area (Å²) in [6.45, 7) is 0. The molecule has 0 aliphatic rings. The summed E-state index contributed by atoms with van der Waals surface area (Å²) in [6.07, 6.45) is 2.55. The number of ether oxygens (including phenoxy) is 1. The zero-order valence-corrected chi connectivity index (χ0v) is 9.08. The quantitative estimate of drug-likeness (QED) is 0.841. The molecule has 2 N–H and O–H groups in total. The van der Waals surface area contributed by atoms with E-state index < -0.39 is 11.6 Å². The molecule has 0 radical (unpaired) electrons. The SMILES string of the molecule is Nc1cc(F)c(Oc2ncc(Cl)cn2)cc1F. The first-order chi connectivity index (χ1) is 8.06. The third kappa shape index (κ3) is 2.59. The lowest BCUT2D eigenvalue weighted by atomic mass is 10.3. The van der Waals surface area contributed by atoms with Gasteiger partial charge in [-0.05, 0) is 0 Å². The number of hydrogen-bond acceptors (Lipinski definition) is 4. The maximum atomic E-state index is 13.3. The van der Waals surface area contributed by atoms with Crippen molar-refractivity contribution in [2.75, 3.05) is 5.73 Å². The predicted molar refractivity (Wildman–Crippen MR) is 57.9 cm³/mol. The molecule has 1 aromatic carbocycles. The van der Waals surface area contributed by atoms with Crippen LogP contribution in [0, 0.1) is 11.6 Å². The van der Waals surface area contributed by atoms with Crippen LogP contribution in [0.2, 0.25) is 5.02 Å². The first kappa shape index (κ1) is 11.5. The summed E-state index contributed by atoms with van der Waals surface area (Å²) in [5, 5.41) is 0.307. The number of nitrogens with two attached hydrogens (primary N) is 1. The third-order valence-electron chi connectivity index (χ3n) is 1.85. The van der Waals surface area contributed by atoms with Crippen molar-refractivity contribution in [3.05, 3.63) is 41.2 Å². The Morgan fingerprint density at radius 3 is 2.41 bits per heavy atom. The average Bonchev–Trinajstić information content (AvgIpc) is 2.29. The Balaban J connectivity index is 2.30. The van der Waals surface area contributed by atoms with E-state index in [-0.39, 0.29) is 17.4 Å². The molecule has 0 aliphatic heterocycles. The van der Waals surface area contributed by atoms with Gasteiger partial charge in [-0.1, -0.05) is 11.6 Å². The average molecular weight is 258 g/mol. The molecule has 1 aromatic heterocycles. The second-order valence-electron chi connectivity index (χ2n) is 3.09. The highest BCUT2D eigenvalue weighted by atomic mass is 35.5. The zero-order valence-electron chi connectivity index (χ0n) is 8.32. The van der Waals surface area contributed by atoms with Crippen molar-refractivity contribution < 1.29 is 13.5 Å². The summed E-state index contributed by atoms with van der Waals surface area (Å²) in [5.41, 5.74) is 4.88. The summed E-state index contributed by atoms with van der Waals surface area (Å²) in [5.74, 6) is -1.93. The number of hydrogen-bond donors (Lipinski definition) is 1. The van der Waals surface area contributed by atoms with Crippen LogP contribution in [0.1, 0.15) is 0 Å². The molecule has 0 spiro atoms. The van der Waals surface area contributed by atoms with Crippen LogP contribution in [0.25, 0.3) is 0 Å². The molecule has 17 heavy (non-hydrogen) atoms. The molecule has 0 amide bonds. The highest BCUT2D eigenvalue weighted by Crippen LogP contribution is 2.26. The van der Waals surface area contributed by atoms with Crippen LogP contribution in [0.5, 0.6) is 11.8 Å². The Morgan fingerprint density at radius 1 is 1.12 bits per heavy atom. The highest BCUT2D eigenvalue weighted by molar-refractivity contribution is 6.30. The van der Waals surface area contributed by atoms with E-state index in [2.05, 4.69) is 9.97 Å². The van der Waals surface area contributed by atoms with Gasteiger partial charge >= 0.3 is 6.01 Å². The molecule has 2 rings (SSSR count). The first-order valence-corrected chi connectivity index (χ1v) is 4.84. The molecule has 0 saturated heterocycles. The van der Waals surface area contributed by atoms with Gasteiger partial charge in [-0.15, -0.1) is 0 Å². The number of halogens is 3. The first-order valence-electron chi connectivity index (χ1n) is 4.46. The molecule has 0 fully saturated rings. The molecular formula is C10H6ClF2N3O. The Labute approximate surface area is 100 Å². The van der Waals surface area contributed by atoms with Gasteiger partial charge in [-0.25, -0.2) is 18.7 Å². The van der Waals surface area contributed by atoms with Crippen molar-refractivity contribution >= 4 is 17.3 Å². The fraction of sp³-hybridized carbons (Fsp3) is 0. The standard InChI is InChI=1S/C10H6ClF2N3O/c11-5-3-15-10(16-4-5)17-9-2-6(12)8(14)1-7(9)13/h1-4H,14H2. The topological polar surface area (TPSA) is 61.0 Å². The van der Waals surface area contributed by atoms with Crippen molar-refractivity contribution in [2.24, 2.45) is 0 Å². The van der Waals surface area contributed by atoms with Crippen molar-refractivity contribution in [3.63, 3.8) is 0 Å². The fourth-order valence-electron chi connectivity index (χ4n) is 1.07. The fourth-order valence-corrected chi connectivity index (χ4v) is 1.17. The molecule has 0 aliphatic carbocycles. The number of nitrogen functional groups attached to an aromatic ring is 1. The molecule has 4 nitrogen and oxygen atoms in total. The van der Waals surface area contributed by atoms with Gasteiger partial charge in [-0.3, -0.25) is 0 Å². The van der Waals surface area contributed by atoms with Crippen molar-refractivity contribution in [2.45, 2.75) is 0 Å². The minimum atomic E-state index is -0.803. The zero-order chi connectivity index (χ0) is 12.4. The summed E-state index contributed by atoms with van der Waals surface area (Å²) >= 11 is 5.56. The Kier molecular flexibility index (Phi) is 3.06. The van der Waals surface area contributed by atoms with Gasteiger partial charge in [0.1, 0.15) is 5.82 Å². The van der Waals surface area contributed by atoms with E-state index in [0.29, 0.717) is 5.02 Å². The van der Waals surface area contributed by atoms with Crippen molar-refractivity contribution in [3.8, 4) is 11.8 Å². The molecule has 0 saturated carbocycles. The van der Waals surface area contributed by atoms with Crippen LogP contribution in [0.4, 0.5) is 14.5 Å². The number of benzene rings is 1. The molecule has 0 bridgehead atoms. The Morgan fingerprint density at radius 2 is 1.76 bits per heavy atom. The van der Waals surface area contributed by atoms with Crippen LogP contribution in [-0.4, -0.2) is 9.97 Å². The summed E-state index contributed by atoms with van der Waals surface area (Å²) in [4.78, 5) is 7.36. The highest BCUT2D eigenvalue weighted by Gasteiger charge is 2.11. The lowest BCUT2D eigenvalue weighted by Crippen LogP contribution is -1.97. The minimum absolute atomic E-state index is 0.141. The molecule has 1 heterocycles. The van der Waals surface area contributed by atoms with Gasteiger partial charge in [0.05, 0.1) is 23.1 Å². The van der Waals surface area contributed by atoms with E-state index in [0.717, 1.165) is 12.1 Å². The van der Waals surface area contributed by atoms with Crippen LogP contribution in [0.15, 0.2) is 24.5 Å². The molecule has 88 valence electrons. The third-order valence-corrected chi connectivity index (χ3v) is 2.04. The van der Waals surface area contributed by atoms with Gasteiger partial charge in [-0.2, -0.15) is 0 Å². The van der Waals surface area contributed by atoms with Crippen LogP contribution in [0.3, 0.4) is 0 Å². The second-order valence-corrected chi connectivity index (χ2v) is 3.53. The van der Waals surface area contributed by atoms with Gasteiger partial charge in [0, 0.05) is 12.1 Å². The molecule has 2 aromatic rings. The smallest absolute Gasteiger partial charge is 0.322 e. The van der Waals surface area contributed by atoms with E-state index in [9.17, 15) is 8.78 Å². The van der Waals surface area contributed by atoms with E-state index in [1.165, 1.54) is 12.4 Å². The molecule has 7 heteroatoms. The number of aromatic nitrogens is 2. The van der Waals surface area contributed by atoms with Gasteiger partial charge in [0.15, 0.2) is 11.6 Å². The summed E-state index contributed by atoms with van der Waals surface area (Å²) < 4.78 is 31.4. The monoisotopic (exact) mass is 257 g/mol. The molecular weight excluding hydrogens is 252 g/mol. The lowest BCUT2D eigenvalue weighted by Gasteiger charge is -2.05. The predicted octanol–water partition coefficient (Wildman–Crippen LogP) is 2.78. The maximum Gasteiger partial charge on any atom is 0.322 e. The molecule has 0 atom stereocenters. The van der Waals surface area contributed by atoms with E-state index in [1.54, 1.807) is 0 Å². The van der Waals surface area contributed by atoms with Crippen LogP contribution < -0.4 is 10.5 Å². The molecule has 0 unspecified atom stereocenters. The minimum Gasteiger partial charge on any atom is -0.421 e.